The third-order valence-corrected chi connectivity index (χ3v) is 5.80. The van der Waals surface area contributed by atoms with Crippen LogP contribution in [0.1, 0.15) is 23.2 Å². The summed E-state index contributed by atoms with van der Waals surface area (Å²) in [6.45, 7) is 0.418. The van der Waals surface area contributed by atoms with E-state index in [0.717, 1.165) is 16.4 Å². The van der Waals surface area contributed by atoms with Crippen molar-refractivity contribution in [1.29, 1.82) is 0 Å². The molecule has 0 spiro atoms. The summed E-state index contributed by atoms with van der Waals surface area (Å²) in [4.78, 5) is 29.4. The van der Waals surface area contributed by atoms with Gasteiger partial charge < -0.3 is 9.88 Å². The van der Waals surface area contributed by atoms with Gasteiger partial charge in [-0.1, -0.05) is 11.6 Å². The summed E-state index contributed by atoms with van der Waals surface area (Å²) in [5.41, 5.74) is 3.52. The molecule has 0 radical (unpaired) electrons. The normalized spacial score (nSPS) is 13.1. The van der Waals surface area contributed by atoms with Gasteiger partial charge in [-0.2, -0.15) is 0 Å². The van der Waals surface area contributed by atoms with Crippen LogP contribution in [0.3, 0.4) is 0 Å². The van der Waals surface area contributed by atoms with Crippen LogP contribution in [0.25, 0.3) is 5.69 Å². The second-order valence-electron chi connectivity index (χ2n) is 7.17. The van der Waals surface area contributed by atoms with E-state index in [-0.39, 0.29) is 11.3 Å². The molecule has 4 rings (SSSR count). The Morgan fingerprint density at radius 2 is 1.97 bits per heavy atom. The zero-order chi connectivity index (χ0) is 22.0. The number of aromatic nitrogens is 1. The minimum atomic E-state index is -0.577. The fourth-order valence-electron chi connectivity index (χ4n) is 3.02. The molecule has 31 heavy (non-hydrogen) atoms. The van der Waals surface area contributed by atoms with E-state index in [4.69, 9.17) is 16.4 Å². The van der Waals surface area contributed by atoms with E-state index in [2.05, 4.69) is 33.4 Å². The van der Waals surface area contributed by atoms with Crippen molar-refractivity contribution in [2.45, 2.75) is 12.8 Å². The van der Waals surface area contributed by atoms with Crippen LogP contribution in [0.2, 0.25) is 5.02 Å². The standard InChI is InChI=1S/C21H18ClIN4O4/c22-16-9-14(23)5-6-17(16)24-18-11-19(26-7-1-2-8-26)20(27(29)30)10-15(18)21(28)25-31-12-13-3-4-13/h1-2,5-11,13,24H,3-4,12H2,(H,25,28). The first-order valence-electron chi connectivity index (χ1n) is 9.52. The molecule has 0 saturated heterocycles. The number of benzene rings is 2. The maximum Gasteiger partial charge on any atom is 0.294 e. The number of hydrogen-bond acceptors (Lipinski definition) is 5. The molecule has 2 aromatic carbocycles. The molecular formula is C21H18ClIN4O4. The molecule has 2 N–H and O–H groups in total. The van der Waals surface area contributed by atoms with Gasteiger partial charge in [-0.25, -0.2) is 5.48 Å². The minimum Gasteiger partial charge on any atom is -0.354 e. The number of nitrogens with zero attached hydrogens (tertiary/aromatic N) is 2. The van der Waals surface area contributed by atoms with E-state index in [9.17, 15) is 14.9 Å². The highest BCUT2D eigenvalue weighted by Crippen LogP contribution is 2.34. The molecule has 0 bridgehead atoms. The molecule has 3 aromatic rings. The van der Waals surface area contributed by atoms with Crippen LogP contribution in [-0.2, 0) is 4.84 Å². The van der Waals surface area contributed by atoms with Crippen LogP contribution in [0.5, 0.6) is 0 Å². The number of nitrogens with one attached hydrogen (secondary N) is 2. The molecule has 160 valence electrons. The van der Waals surface area contributed by atoms with Crippen LogP contribution in [-0.4, -0.2) is 22.0 Å². The molecule has 1 amide bonds. The van der Waals surface area contributed by atoms with Gasteiger partial charge in [0, 0.05) is 22.0 Å². The van der Waals surface area contributed by atoms with Crippen molar-refractivity contribution in [3.05, 3.63) is 79.1 Å². The molecule has 0 aliphatic heterocycles. The monoisotopic (exact) mass is 552 g/mol. The largest absolute Gasteiger partial charge is 0.354 e. The summed E-state index contributed by atoms with van der Waals surface area (Å²) in [5.74, 6) is -0.124. The minimum absolute atomic E-state index is 0.0769. The Balaban J connectivity index is 1.75. The topological polar surface area (TPSA) is 98.4 Å². The fraction of sp³-hybridized carbons (Fsp3) is 0.190. The van der Waals surface area contributed by atoms with Crippen molar-refractivity contribution >= 4 is 57.2 Å². The van der Waals surface area contributed by atoms with Gasteiger partial charge in [0.05, 0.1) is 33.5 Å². The molecule has 1 aliphatic carbocycles. The summed E-state index contributed by atoms with van der Waals surface area (Å²) in [6.07, 6.45) is 5.54. The van der Waals surface area contributed by atoms with Gasteiger partial charge in [-0.3, -0.25) is 19.7 Å². The average Bonchev–Trinajstić information content (AvgIpc) is 3.39. The lowest BCUT2D eigenvalue weighted by molar-refractivity contribution is -0.384. The lowest BCUT2D eigenvalue weighted by atomic mass is 10.1. The molecule has 1 aliphatic rings. The first-order valence-corrected chi connectivity index (χ1v) is 11.0. The summed E-state index contributed by atoms with van der Waals surface area (Å²) < 4.78 is 2.57. The molecule has 0 unspecified atom stereocenters. The maximum atomic E-state index is 12.8. The highest BCUT2D eigenvalue weighted by atomic mass is 127. The zero-order valence-corrected chi connectivity index (χ0v) is 19.1. The van der Waals surface area contributed by atoms with Crippen molar-refractivity contribution in [2.24, 2.45) is 5.92 Å². The number of halogens is 2. The molecule has 0 atom stereocenters. The van der Waals surface area contributed by atoms with E-state index in [1.807, 2.05) is 6.07 Å². The molecule has 1 aromatic heterocycles. The smallest absolute Gasteiger partial charge is 0.294 e. The van der Waals surface area contributed by atoms with Gasteiger partial charge in [0.25, 0.3) is 11.6 Å². The van der Waals surface area contributed by atoms with Gasteiger partial charge in [-0.15, -0.1) is 0 Å². The van der Waals surface area contributed by atoms with Gasteiger partial charge >= 0.3 is 0 Å². The SMILES string of the molecule is O=C(NOCC1CC1)c1cc([N+](=O)[O-])c(-n2cccc2)cc1Nc1ccc(I)cc1Cl. The van der Waals surface area contributed by atoms with Crippen LogP contribution in [0.15, 0.2) is 54.9 Å². The molecule has 8 nitrogen and oxygen atoms in total. The van der Waals surface area contributed by atoms with E-state index in [1.165, 1.54) is 6.07 Å². The van der Waals surface area contributed by atoms with E-state index in [1.54, 1.807) is 47.3 Å². The first kappa shape index (κ1) is 21.6. The van der Waals surface area contributed by atoms with Gasteiger partial charge in [-0.05, 0) is 77.7 Å². The molecule has 1 saturated carbocycles. The van der Waals surface area contributed by atoms with Crippen LogP contribution in [0, 0.1) is 19.6 Å². The summed E-state index contributed by atoms with van der Waals surface area (Å²) in [7, 11) is 0. The van der Waals surface area contributed by atoms with E-state index in [0.29, 0.717) is 34.6 Å². The molecule has 10 heteroatoms. The van der Waals surface area contributed by atoms with Crippen molar-refractivity contribution in [3.8, 4) is 5.69 Å². The Kier molecular flexibility index (Phi) is 6.44. The Morgan fingerprint density at radius 1 is 1.23 bits per heavy atom. The van der Waals surface area contributed by atoms with Gasteiger partial charge in [0.2, 0.25) is 0 Å². The first-order chi connectivity index (χ1) is 14.9. The van der Waals surface area contributed by atoms with Gasteiger partial charge in [0.1, 0.15) is 5.69 Å². The summed E-state index contributed by atoms with van der Waals surface area (Å²) >= 11 is 8.50. The number of anilines is 2. The molecular weight excluding hydrogens is 535 g/mol. The Bertz CT molecular complexity index is 1130. The Labute approximate surface area is 196 Å². The quantitative estimate of drug-likeness (QED) is 0.220. The number of carbonyl (C=O) groups excluding carboxylic acids is 1. The van der Waals surface area contributed by atoms with E-state index >= 15 is 0 Å². The maximum absolute atomic E-state index is 12.8. The number of carbonyl (C=O) groups is 1. The van der Waals surface area contributed by atoms with Crippen LogP contribution >= 0.6 is 34.2 Å². The number of rotatable bonds is 8. The zero-order valence-electron chi connectivity index (χ0n) is 16.2. The lowest BCUT2D eigenvalue weighted by Gasteiger charge is -2.16. The highest BCUT2D eigenvalue weighted by molar-refractivity contribution is 14.1. The molecule has 1 fully saturated rings. The molecule has 1 heterocycles. The number of nitro groups is 1. The average molecular weight is 553 g/mol. The van der Waals surface area contributed by atoms with Crippen molar-refractivity contribution < 1.29 is 14.6 Å². The summed E-state index contributed by atoms with van der Waals surface area (Å²) in [6, 6.07) is 11.8. The number of amides is 1. The Morgan fingerprint density at radius 3 is 2.61 bits per heavy atom. The second-order valence-corrected chi connectivity index (χ2v) is 8.82. The Hall–Kier alpha value is -2.63. The third kappa shape index (κ3) is 5.17. The van der Waals surface area contributed by atoms with Crippen molar-refractivity contribution in [2.75, 3.05) is 11.9 Å². The fourth-order valence-corrected chi connectivity index (χ4v) is 3.92. The van der Waals surface area contributed by atoms with Crippen LogP contribution < -0.4 is 10.8 Å². The lowest BCUT2D eigenvalue weighted by Crippen LogP contribution is -2.25. The third-order valence-electron chi connectivity index (χ3n) is 4.82. The van der Waals surface area contributed by atoms with Crippen LogP contribution in [0.4, 0.5) is 17.1 Å². The number of nitro benzene ring substituents is 1. The predicted octanol–water partition coefficient (Wildman–Crippen LogP) is 5.46. The second kappa shape index (κ2) is 9.25. The van der Waals surface area contributed by atoms with Crippen molar-refractivity contribution in [3.63, 3.8) is 0 Å². The van der Waals surface area contributed by atoms with E-state index < -0.39 is 10.8 Å². The number of hydroxylamine groups is 1. The summed E-state index contributed by atoms with van der Waals surface area (Å²) in [5, 5.41) is 15.4. The van der Waals surface area contributed by atoms with Gasteiger partial charge in [0.15, 0.2) is 0 Å². The number of hydrogen-bond donors (Lipinski definition) is 2. The van der Waals surface area contributed by atoms with Crippen molar-refractivity contribution in [1.82, 2.24) is 10.0 Å². The predicted molar refractivity (Wildman–Crippen MR) is 126 cm³/mol. The highest BCUT2D eigenvalue weighted by Gasteiger charge is 2.25.